The molecule has 0 aliphatic rings. The van der Waals surface area contributed by atoms with Crippen LogP contribution >= 0.6 is 0 Å². The number of hydrogen-bond donors (Lipinski definition) is 1. The van der Waals surface area contributed by atoms with Gasteiger partial charge in [0, 0.05) is 25.2 Å². The van der Waals surface area contributed by atoms with Crippen LogP contribution in [0.3, 0.4) is 0 Å². The summed E-state index contributed by atoms with van der Waals surface area (Å²) in [5.74, 6) is 0.131. The van der Waals surface area contributed by atoms with Gasteiger partial charge in [0.25, 0.3) is 0 Å². The van der Waals surface area contributed by atoms with E-state index >= 15 is 0 Å². The first-order valence-electron chi connectivity index (χ1n) is 5.40. The van der Waals surface area contributed by atoms with Crippen LogP contribution in [0, 0.1) is 13.8 Å². The standard InChI is InChI=1S/C11H19N3O/c1-4-12-11(15)6-5-7-14-8-13-9(2)10(14)3/h8H,4-7H2,1-3H3,(H,12,15). The van der Waals surface area contributed by atoms with Crippen LogP contribution in [0.25, 0.3) is 0 Å². The van der Waals surface area contributed by atoms with E-state index in [0.717, 1.165) is 18.7 Å². The van der Waals surface area contributed by atoms with Crippen molar-refractivity contribution in [2.45, 2.75) is 40.2 Å². The molecule has 4 heteroatoms. The second-order valence-corrected chi connectivity index (χ2v) is 3.67. The van der Waals surface area contributed by atoms with Crippen LogP contribution in [-0.4, -0.2) is 22.0 Å². The summed E-state index contributed by atoms with van der Waals surface area (Å²) in [6.07, 6.45) is 3.29. The van der Waals surface area contributed by atoms with Gasteiger partial charge in [0.15, 0.2) is 0 Å². The van der Waals surface area contributed by atoms with E-state index in [-0.39, 0.29) is 5.91 Å². The molecule has 1 aromatic rings. The zero-order valence-corrected chi connectivity index (χ0v) is 9.71. The molecule has 0 radical (unpaired) electrons. The van der Waals surface area contributed by atoms with Gasteiger partial charge in [0.05, 0.1) is 12.0 Å². The number of carbonyl (C=O) groups is 1. The highest BCUT2D eigenvalue weighted by atomic mass is 16.1. The number of nitrogens with one attached hydrogen (secondary N) is 1. The maximum Gasteiger partial charge on any atom is 0.220 e. The Balaban J connectivity index is 2.32. The summed E-state index contributed by atoms with van der Waals surface area (Å²) in [6, 6.07) is 0. The topological polar surface area (TPSA) is 46.9 Å². The number of amides is 1. The summed E-state index contributed by atoms with van der Waals surface area (Å²) in [5.41, 5.74) is 2.25. The SMILES string of the molecule is CCNC(=O)CCCn1cnc(C)c1C. The van der Waals surface area contributed by atoms with Crippen molar-refractivity contribution in [3.05, 3.63) is 17.7 Å². The Morgan fingerprint density at radius 3 is 2.80 bits per heavy atom. The minimum absolute atomic E-state index is 0.131. The lowest BCUT2D eigenvalue weighted by Gasteiger charge is -2.05. The molecule has 84 valence electrons. The maximum atomic E-state index is 11.2. The smallest absolute Gasteiger partial charge is 0.220 e. The molecule has 0 fully saturated rings. The van der Waals surface area contributed by atoms with E-state index in [0.29, 0.717) is 13.0 Å². The van der Waals surface area contributed by atoms with Crippen LogP contribution in [0.1, 0.15) is 31.2 Å². The normalized spacial score (nSPS) is 10.3. The van der Waals surface area contributed by atoms with Crippen LogP contribution in [0.15, 0.2) is 6.33 Å². The Morgan fingerprint density at radius 2 is 2.27 bits per heavy atom. The highest BCUT2D eigenvalue weighted by Gasteiger charge is 2.03. The van der Waals surface area contributed by atoms with Gasteiger partial charge >= 0.3 is 0 Å². The summed E-state index contributed by atoms with van der Waals surface area (Å²) in [7, 11) is 0. The molecule has 1 aromatic heterocycles. The van der Waals surface area contributed by atoms with Crippen molar-refractivity contribution in [2.24, 2.45) is 0 Å². The van der Waals surface area contributed by atoms with Crippen molar-refractivity contribution in [1.82, 2.24) is 14.9 Å². The number of hydrogen-bond acceptors (Lipinski definition) is 2. The summed E-state index contributed by atoms with van der Waals surface area (Å²) >= 11 is 0. The van der Waals surface area contributed by atoms with Gasteiger partial charge in [-0.25, -0.2) is 4.98 Å². The lowest BCUT2D eigenvalue weighted by molar-refractivity contribution is -0.121. The van der Waals surface area contributed by atoms with Gasteiger partial charge in [0.2, 0.25) is 5.91 Å². The Morgan fingerprint density at radius 1 is 1.53 bits per heavy atom. The van der Waals surface area contributed by atoms with Crippen molar-refractivity contribution >= 4 is 5.91 Å². The molecule has 0 aromatic carbocycles. The monoisotopic (exact) mass is 209 g/mol. The Labute approximate surface area is 90.7 Å². The third kappa shape index (κ3) is 3.38. The van der Waals surface area contributed by atoms with Crippen LogP contribution in [0.2, 0.25) is 0 Å². The molecule has 0 saturated heterocycles. The minimum Gasteiger partial charge on any atom is -0.356 e. The molecule has 4 nitrogen and oxygen atoms in total. The number of carbonyl (C=O) groups excluding carboxylic acids is 1. The van der Waals surface area contributed by atoms with E-state index in [1.807, 2.05) is 20.2 Å². The summed E-state index contributed by atoms with van der Waals surface area (Å²) < 4.78 is 2.09. The number of rotatable bonds is 5. The zero-order chi connectivity index (χ0) is 11.3. The van der Waals surface area contributed by atoms with Gasteiger partial charge < -0.3 is 9.88 Å². The second kappa shape index (κ2) is 5.53. The van der Waals surface area contributed by atoms with Gasteiger partial charge in [0.1, 0.15) is 0 Å². The van der Waals surface area contributed by atoms with Crippen LogP contribution in [0.5, 0.6) is 0 Å². The predicted octanol–water partition coefficient (Wildman–Crippen LogP) is 1.42. The molecule has 0 atom stereocenters. The van der Waals surface area contributed by atoms with Crippen molar-refractivity contribution < 1.29 is 4.79 Å². The van der Waals surface area contributed by atoms with Gasteiger partial charge in [-0.1, -0.05) is 0 Å². The van der Waals surface area contributed by atoms with Gasteiger partial charge in [-0.3, -0.25) is 4.79 Å². The number of imidazole rings is 1. The predicted molar refractivity (Wildman–Crippen MR) is 59.6 cm³/mol. The van der Waals surface area contributed by atoms with Crippen molar-refractivity contribution in [1.29, 1.82) is 0 Å². The fraction of sp³-hybridized carbons (Fsp3) is 0.636. The fourth-order valence-corrected chi connectivity index (χ4v) is 1.47. The van der Waals surface area contributed by atoms with Crippen LogP contribution < -0.4 is 5.32 Å². The van der Waals surface area contributed by atoms with Gasteiger partial charge in [-0.05, 0) is 27.2 Å². The minimum atomic E-state index is 0.131. The molecule has 15 heavy (non-hydrogen) atoms. The molecular weight excluding hydrogens is 190 g/mol. The highest BCUT2D eigenvalue weighted by molar-refractivity contribution is 5.75. The molecule has 0 aliphatic heterocycles. The summed E-state index contributed by atoms with van der Waals surface area (Å²) in [4.78, 5) is 15.4. The fourth-order valence-electron chi connectivity index (χ4n) is 1.47. The maximum absolute atomic E-state index is 11.2. The third-order valence-electron chi connectivity index (χ3n) is 2.52. The van der Waals surface area contributed by atoms with Crippen LogP contribution in [-0.2, 0) is 11.3 Å². The third-order valence-corrected chi connectivity index (χ3v) is 2.52. The van der Waals surface area contributed by atoms with E-state index < -0.39 is 0 Å². The van der Waals surface area contributed by atoms with Crippen molar-refractivity contribution in [3.63, 3.8) is 0 Å². The molecule has 0 saturated carbocycles. The average molecular weight is 209 g/mol. The second-order valence-electron chi connectivity index (χ2n) is 3.67. The largest absolute Gasteiger partial charge is 0.356 e. The Bertz CT molecular complexity index is 331. The van der Waals surface area contributed by atoms with Crippen LogP contribution in [0.4, 0.5) is 0 Å². The molecule has 0 unspecified atom stereocenters. The van der Waals surface area contributed by atoms with Crippen molar-refractivity contribution in [2.75, 3.05) is 6.54 Å². The summed E-state index contributed by atoms with van der Waals surface area (Å²) in [6.45, 7) is 7.55. The van der Waals surface area contributed by atoms with Crippen molar-refractivity contribution in [3.8, 4) is 0 Å². The zero-order valence-electron chi connectivity index (χ0n) is 9.71. The molecule has 1 amide bonds. The first-order chi connectivity index (χ1) is 7.15. The van der Waals surface area contributed by atoms with E-state index in [2.05, 4.69) is 21.8 Å². The van der Waals surface area contributed by atoms with E-state index in [1.165, 1.54) is 5.69 Å². The molecule has 0 spiro atoms. The molecule has 1 heterocycles. The van der Waals surface area contributed by atoms with E-state index in [4.69, 9.17) is 0 Å². The molecule has 0 bridgehead atoms. The first kappa shape index (κ1) is 11.8. The number of aryl methyl sites for hydroxylation is 2. The number of aromatic nitrogens is 2. The quantitative estimate of drug-likeness (QED) is 0.797. The lowest BCUT2D eigenvalue weighted by Crippen LogP contribution is -2.22. The number of nitrogens with zero attached hydrogens (tertiary/aromatic N) is 2. The highest BCUT2D eigenvalue weighted by Crippen LogP contribution is 2.05. The Kier molecular flexibility index (Phi) is 4.34. The molecular formula is C11H19N3O. The first-order valence-corrected chi connectivity index (χ1v) is 5.40. The lowest BCUT2D eigenvalue weighted by atomic mass is 10.3. The molecule has 0 aliphatic carbocycles. The van der Waals surface area contributed by atoms with E-state index in [1.54, 1.807) is 0 Å². The molecule has 1 N–H and O–H groups in total. The Hall–Kier alpha value is -1.32. The summed E-state index contributed by atoms with van der Waals surface area (Å²) in [5, 5.41) is 2.79. The average Bonchev–Trinajstić information content (AvgIpc) is 2.50. The van der Waals surface area contributed by atoms with Gasteiger partial charge in [-0.15, -0.1) is 0 Å². The van der Waals surface area contributed by atoms with E-state index in [9.17, 15) is 4.79 Å². The molecule has 1 rings (SSSR count). The van der Waals surface area contributed by atoms with Gasteiger partial charge in [-0.2, -0.15) is 0 Å².